The molecule has 26 heavy (non-hydrogen) atoms. The maximum absolute atomic E-state index is 12.9. The van der Waals surface area contributed by atoms with Gasteiger partial charge in [0.1, 0.15) is 10.4 Å². The first-order valence-corrected chi connectivity index (χ1v) is 10.1. The van der Waals surface area contributed by atoms with Crippen LogP contribution in [-0.4, -0.2) is 17.0 Å². The molecule has 1 heterocycles. The Morgan fingerprint density at radius 2 is 2.00 bits per heavy atom. The summed E-state index contributed by atoms with van der Waals surface area (Å²) in [6.07, 6.45) is 6.16. The van der Waals surface area contributed by atoms with Gasteiger partial charge in [0.15, 0.2) is 0 Å². The number of aromatic nitrogens is 1. The zero-order valence-electron chi connectivity index (χ0n) is 16.8. The molecule has 0 saturated heterocycles. The minimum atomic E-state index is -0.238. The summed E-state index contributed by atoms with van der Waals surface area (Å²) in [5.41, 5.74) is 2.75. The normalized spacial score (nSPS) is 12.5. The Hall–Kier alpha value is -1.88. The molecule has 1 aromatic carbocycles. The van der Waals surface area contributed by atoms with Crippen molar-refractivity contribution in [1.29, 1.82) is 0 Å². The highest BCUT2D eigenvalue weighted by Gasteiger charge is 2.17. The van der Waals surface area contributed by atoms with Crippen LogP contribution in [0.25, 0.3) is 0 Å². The van der Waals surface area contributed by atoms with E-state index in [0.717, 1.165) is 41.5 Å². The lowest BCUT2D eigenvalue weighted by atomic mass is 10.1. The SMILES string of the molecule is CCCCc1cn(C(C)(C)C)s/c1=N\C(=O)c1cc(CC)ccc1OC. The van der Waals surface area contributed by atoms with Crippen LogP contribution in [0.2, 0.25) is 0 Å². The minimum absolute atomic E-state index is 0.0255. The third-order valence-corrected chi connectivity index (χ3v) is 5.68. The second-order valence-electron chi connectivity index (χ2n) is 7.46. The van der Waals surface area contributed by atoms with Crippen molar-refractivity contribution < 1.29 is 9.53 Å². The molecule has 0 spiro atoms. The standard InChI is InChI=1S/C21H30N2O2S/c1-7-9-10-16-14-23(21(3,4)5)26-20(16)22-19(24)17-13-15(8-2)11-12-18(17)25-6/h11-14H,7-10H2,1-6H3/b22-20-. The van der Waals surface area contributed by atoms with E-state index in [2.05, 4.69) is 49.8 Å². The molecule has 0 radical (unpaired) electrons. The van der Waals surface area contributed by atoms with Crippen LogP contribution in [0.5, 0.6) is 5.75 Å². The zero-order chi connectivity index (χ0) is 19.3. The van der Waals surface area contributed by atoms with Crippen molar-refractivity contribution in [3.05, 3.63) is 45.8 Å². The number of benzene rings is 1. The predicted octanol–water partition coefficient (Wildman–Crippen LogP) is 4.96. The van der Waals surface area contributed by atoms with Crippen molar-refractivity contribution in [2.24, 2.45) is 4.99 Å². The maximum Gasteiger partial charge on any atom is 0.282 e. The number of rotatable bonds is 6. The molecule has 0 unspecified atom stereocenters. The average Bonchev–Trinajstić information content (AvgIpc) is 3.02. The fourth-order valence-corrected chi connectivity index (χ4v) is 3.67. The predicted molar refractivity (Wildman–Crippen MR) is 108 cm³/mol. The molecular formula is C21H30N2O2S. The monoisotopic (exact) mass is 374 g/mol. The number of aryl methyl sites for hydroxylation is 2. The van der Waals surface area contributed by atoms with Gasteiger partial charge in [-0.3, -0.25) is 8.75 Å². The Bertz CT molecular complexity index is 825. The summed E-state index contributed by atoms with van der Waals surface area (Å²) < 4.78 is 8.37. The molecule has 0 fully saturated rings. The van der Waals surface area contributed by atoms with E-state index in [-0.39, 0.29) is 11.4 Å². The smallest absolute Gasteiger partial charge is 0.282 e. The number of hydrogen-bond donors (Lipinski definition) is 0. The van der Waals surface area contributed by atoms with Crippen LogP contribution in [-0.2, 0) is 18.4 Å². The summed E-state index contributed by atoms with van der Waals surface area (Å²) in [7, 11) is 1.59. The summed E-state index contributed by atoms with van der Waals surface area (Å²) in [6, 6.07) is 5.73. The van der Waals surface area contributed by atoms with Crippen LogP contribution in [0.1, 0.15) is 68.9 Å². The Morgan fingerprint density at radius 3 is 2.58 bits per heavy atom. The molecule has 0 aliphatic carbocycles. The van der Waals surface area contributed by atoms with E-state index < -0.39 is 0 Å². The van der Waals surface area contributed by atoms with E-state index in [9.17, 15) is 4.79 Å². The Morgan fingerprint density at radius 1 is 1.27 bits per heavy atom. The van der Waals surface area contributed by atoms with Gasteiger partial charge in [0.05, 0.1) is 12.7 Å². The molecule has 2 aromatic rings. The first kappa shape index (κ1) is 20.4. The van der Waals surface area contributed by atoms with Crippen molar-refractivity contribution in [3.63, 3.8) is 0 Å². The number of ether oxygens (including phenoxy) is 1. The number of unbranched alkanes of at least 4 members (excludes halogenated alkanes) is 1. The van der Waals surface area contributed by atoms with Crippen molar-refractivity contribution in [3.8, 4) is 5.75 Å². The van der Waals surface area contributed by atoms with Crippen LogP contribution in [0, 0.1) is 0 Å². The van der Waals surface area contributed by atoms with Crippen LogP contribution in [0.15, 0.2) is 29.4 Å². The topological polar surface area (TPSA) is 43.6 Å². The lowest BCUT2D eigenvalue weighted by molar-refractivity contribution is 0.0996. The average molecular weight is 375 g/mol. The lowest BCUT2D eigenvalue weighted by Gasteiger charge is -2.19. The quantitative estimate of drug-likeness (QED) is 0.717. The number of carbonyl (C=O) groups excluding carboxylic acids is 1. The second kappa shape index (κ2) is 8.67. The highest BCUT2D eigenvalue weighted by Crippen LogP contribution is 2.22. The van der Waals surface area contributed by atoms with Gasteiger partial charge in [-0.05, 0) is 69.3 Å². The number of hydrogen-bond acceptors (Lipinski definition) is 3. The molecule has 1 aromatic heterocycles. The Kier molecular flexibility index (Phi) is 6.81. The van der Waals surface area contributed by atoms with Crippen LogP contribution < -0.4 is 9.41 Å². The molecule has 0 saturated carbocycles. The summed E-state index contributed by atoms with van der Waals surface area (Å²) in [4.78, 5) is 17.4. The first-order valence-electron chi connectivity index (χ1n) is 9.28. The van der Waals surface area contributed by atoms with Gasteiger partial charge in [0.25, 0.3) is 5.91 Å². The van der Waals surface area contributed by atoms with Crippen molar-refractivity contribution in [1.82, 2.24) is 3.96 Å². The van der Waals surface area contributed by atoms with E-state index in [1.165, 1.54) is 0 Å². The summed E-state index contributed by atoms with van der Waals surface area (Å²) >= 11 is 1.55. The highest BCUT2D eigenvalue weighted by atomic mass is 32.1. The molecule has 0 atom stereocenters. The van der Waals surface area contributed by atoms with Crippen LogP contribution >= 0.6 is 11.5 Å². The Labute approximate surface area is 160 Å². The molecule has 0 bridgehead atoms. The minimum Gasteiger partial charge on any atom is -0.496 e. The van der Waals surface area contributed by atoms with E-state index in [1.807, 2.05) is 18.2 Å². The summed E-state index contributed by atoms with van der Waals surface area (Å²) in [6.45, 7) is 10.7. The fraction of sp³-hybridized carbons (Fsp3) is 0.524. The van der Waals surface area contributed by atoms with Gasteiger partial charge in [-0.15, -0.1) is 0 Å². The number of nitrogens with zero attached hydrogens (tertiary/aromatic N) is 2. The molecule has 0 aliphatic heterocycles. The number of methoxy groups -OCH3 is 1. The van der Waals surface area contributed by atoms with E-state index >= 15 is 0 Å². The van der Waals surface area contributed by atoms with E-state index in [4.69, 9.17) is 4.74 Å². The van der Waals surface area contributed by atoms with Gasteiger partial charge in [-0.2, -0.15) is 4.99 Å². The molecular weight excluding hydrogens is 344 g/mol. The van der Waals surface area contributed by atoms with Gasteiger partial charge < -0.3 is 4.74 Å². The lowest BCUT2D eigenvalue weighted by Crippen LogP contribution is -2.18. The van der Waals surface area contributed by atoms with Gasteiger partial charge >= 0.3 is 0 Å². The highest BCUT2D eigenvalue weighted by molar-refractivity contribution is 7.04. The summed E-state index contributed by atoms with van der Waals surface area (Å²) in [5.74, 6) is 0.337. The van der Waals surface area contributed by atoms with E-state index in [0.29, 0.717) is 11.3 Å². The van der Waals surface area contributed by atoms with Crippen molar-refractivity contribution >= 4 is 17.4 Å². The van der Waals surface area contributed by atoms with Crippen molar-refractivity contribution in [2.45, 2.75) is 65.8 Å². The largest absolute Gasteiger partial charge is 0.496 e. The van der Waals surface area contributed by atoms with Crippen LogP contribution in [0.4, 0.5) is 0 Å². The third kappa shape index (κ3) is 4.85. The second-order valence-corrected chi connectivity index (χ2v) is 8.42. The zero-order valence-corrected chi connectivity index (χ0v) is 17.6. The van der Waals surface area contributed by atoms with Gasteiger partial charge in [0.2, 0.25) is 0 Å². The number of carbonyl (C=O) groups is 1. The maximum atomic E-state index is 12.9. The molecule has 2 rings (SSSR count). The molecule has 5 heteroatoms. The van der Waals surface area contributed by atoms with Crippen LogP contribution in [0.3, 0.4) is 0 Å². The third-order valence-electron chi connectivity index (χ3n) is 4.30. The first-order chi connectivity index (χ1) is 12.3. The molecule has 0 aliphatic rings. The van der Waals surface area contributed by atoms with Gasteiger partial charge in [-0.1, -0.05) is 26.3 Å². The van der Waals surface area contributed by atoms with Gasteiger partial charge in [0, 0.05) is 17.3 Å². The van der Waals surface area contributed by atoms with E-state index in [1.54, 1.807) is 18.6 Å². The molecule has 0 N–H and O–H groups in total. The molecule has 142 valence electrons. The van der Waals surface area contributed by atoms with Gasteiger partial charge in [-0.25, -0.2) is 0 Å². The Balaban J connectivity index is 2.51. The molecule has 1 amide bonds. The fourth-order valence-electron chi connectivity index (χ4n) is 2.63. The summed E-state index contributed by atoms with van der Waals surface area (Å²) in [5, 5.41) is 0. The molecule has 4 nitrogen and oxygen atoms in total. The van der Waals surface area contributed by atoms with Crippen molar-refractivity contribution in [2.75, 3.05) is 7.11 Å². The number of amides is 1.